The second-order valence-corrected chi connectivity index (χ2v) is 6.04. The van der Waals surface area contributed by atoms with Crippen LogP contribution in [0, 0.1) is 11.6 Å². The lowest BCUT2D eigenvalue weighted by Crippen LogP contribution is -2.40. The van der Waals surface area contributed by atoms with E-state index in [1.807, 2.05) is 0 Å². The van der Waals surface area contributed by atoms with Gasteiger partial charge in [0, 0.05) is 24.8 Å². The quantitative estimate of drug-likeness (QED) is 0.919. The van der Waals surface area contributed by atoms with Gasteiger partial charge in [0.25, 0.3) is 0 Å². The van der Waals surface area contributed by atoms with Crippen LogP contribution >= 0.6 is 0 Å². The molecule has 1 N–H and O–H groups in total. The van der Waals surface area contributed by atoms with Crippen molar-refractivity contribution >= 4 is 11.9 Å². The van der Waals surface area contributed by atoms with Crippen molar-refractivity contribution in [2.24, 2.45) is 0 Å². The van der Waals surface area contributed by atoms with E-state index in [0.717, 1.165) is 18.2 Å². The number of rotatable bonds is 4. The molecule has 1 fully saturated rings. The van der Waals surface area contributed by atoms with Gasteiger partial charge in [0.15, 0.2) is 0 Å². The first-order valence-electron chi connectivity index (χ1n) is 7.93. The molecule has 0 saturated carbocycles. The Bertz CT molecular complexity index is 798. The van der Waals surface area contributed by atoms with Crippen molar-refractivity contribution < 1.29 is 23.5 Å². The Morgan fingerprint density at radius 3 is 2.60 bits per heavy atom. The minimum atomic E-state index is -1.03. The highest BCUT2D eigenvalue weighted by Gasteiger charge is 2.25. The molecule has 2 heterocycles. The third-order valence-electron chi connectivity index (χ3n) is 4.39. The summed E-state index contributed by atoms with van der Waals surface area (Å²) in [5.74, 6) is -2.45. The van der Waals surface area contributed by atoms with Crippen molar-refractivity contribution in [3.8, 4) is 0 Å². The van der Waals surface area contributed by atoms with E-state index in [1.165, 1.54) is 12.4 Å². The van der Waals surface area contributed by atoms with E-state index < -0.39 is 17.6 Å². The number of piperidine rings is 1. The number of carbonyl (C=O) groups excluding carboxylic acids is 1. The maximum absolute atomic E-state index is 13.7. The van der Waals surface area contributed by atoms with Gasteiger partial charge in [0.05, 0.1) is 24.2 Å². The van der Waals surface area contributed by atoms with Gasteiger partial charge in [-0.2, -0.15) is 5.10 Å². The van der Waals surface area contributed by atoms with Gasteiger partial charge in [0.2, 0.25) is 5.91 Å². The van der Waals surface area contributed by atoms with E-state index >= 15 is 0 Å². The highest BCUT2D eigenvalue weighted by Crippen LogP contribution is 2.23. The van der Waals surface area contributed by atoms with E-state index in [2.05, 4.69) is 5.10 Å². The number of likely N-dealkylation sites (tertiary alicyclic amines) is 1. The predicted molar refractivity (Wildman–Crippen MR) is 84.1 cm³/mol. The zero-order chi connectivity index (χ0) is 18.0. The maximum atomic E-state index is 13.7. The summed E-state index contributed by atoms with van der Waals surface area (Å²) in [7, 11) is 0. The van der Waals surface area contributed by atoms with E-state index in [1.54, 1.807) is 9.58 Å². The fourth-order valence-electron chi connectivity index (χ4n) is 2.98. The first kappa shape index (κ1) is 17.1. The molecule has 1 aliphatic heterocycles. The average molecular weight is 349 g/mol. The molecule has 3 rings (SSSR count). The molecule has 1 saturated heterocycles. The van der Waals surface area contributed by atoms with Crippen LogP contribution in [0.25, 0.3) is 0 Å². The van der Waals surface area contributed by atoms with Crippen molar-refractivity contribution in [3.05, 3.63) is 53.4 Å². The highest BCUT2D eigenvalue weighted by molar-refractivity contribution is 5.86. The van der Waals surface area contributed by atoms with Crippen LogP contribution < -0.4 is 0 Å². The van der Waals surface area contributed by atoms with Crippen LogP contribution in [0.5, 0.6) is 0 Å². The molecule has 25 heavy (non-hydrogen) atoms. The molecule has 0 spiro atoms. The Morgan fingerprint density at radius 2 is 1.96 bits per heavy atom. The number of carboxylic acid groups (broad SMARTS) is 1. The molecule has 0 bridgehead atoms. The number of carbonyl (C=O) groups is 2. The molecule has 0 atom stereocenters. The number of aromatic carboxylic acids is 1. The van der Waals surface area contributed by atoms with Crippen molar-refractivity contribution in [1.29, 1.82) is 0 Å². The van der Waals surface area contributed by atoms with Crippen molar-refractivity contribution in [2.75, 3.05) is 13.1 Å². The summed E-state index contributed by atoms with van der Waals surface area (Å²) < 4.78 is 28.5. The fourth-order valence-corrected chi connectivity index (χ4v) is 2.98. The lowest BCUT2D eigenvalue weighted by molar-refractivity contribution is -0.131. The van der Waals surface area contributed by atoms with Crippen LogP contribution in [0.2, 0.25) is 0 Å². The molecule has 0 unspecified atom stereocenters. The number of nitrogens with zero attached hydrogens (tertiary/aromatic N) is 3. The number of aromatic nitrogens is 2. The van der Waals surface area contributed by atoms with Crippen LogP contribution in [0.4, 0.5) is 8.78 Å². The second kappa shape index (κ2) is 7.00. The normalized spacial score (nSPS) is 15.4. The Balaban J connectivity index is 1.58. The molecule has 6 nitrogen and oxygen atoms in total. The third-order valence-corrected chi connectivity index (χ3v) is 4.39. The Morgan fingerprint density at radius 1 is 1.24 bits per heavy atom. The topological polar surface area (TPSA) is 75.4 Å². The summed E-state index contributed by atoms with van der Waals surface area (Å²) in [6.45, 7) is 0.922. The van der Waals surface area contributed by atoms with Gasteiger partial charge in [-0.05, 0) is 31.0 Å². The Hall–Kier alpha value is -2.77. The summed E-state index contributed by atoms with van der Waals surface area (Å²) >= 11 is 0. The maximum Gasteiger partial charge on any atom is 0.338 e. The number of carboxylic acids is 1. The molecule has 0 radical (unpaired) electrons. The number of halogens is 2. The van der Waals surface area contributed by atoms with Gasteiger partial charge in [0.1, 0.15) is 11.6 Å². The molecule has 1 aromatic heterocycles. The third kappa shape index (κ3) is 3.84. The number of hydrogen-bond acceptors (Lipinski definition) is 3. The largest absolute Gasteiger partial charge is 0.478 e. The summed E-state index contributed by atoms with van der Waals surface area (Å²) in [4.78, 5) is 24.8. The molecular weight excluding hydrogens is 332 g/mol. The zero-order valence-electron chi connectivity index (χ0n) is 13.4. The Kier molecular flexibility index (Phi) is 4.78. The van der Waals surface area contributed by atoms with Crippen molar-refractivity contribution in [2.45, 2.75) is 25.3 Å². The monoisotopic (exact) mass is 349 g/mol. The van der Waals surface area contributed by atoms with Gasteiger partial charge in [-0.25, -0.2) is 13.6 Å². The summed E-state index contributed by atoms with van der Waals surface area (Å²) in [6, 6.07) is 3.09. The molecule has 0 aliphatic carbocycles. The van der Waals surface area contributed by atoms with Crippen molar-refractivity contribution in [3.63, 3.8) is 0 Å². The van der Waals surface area contributed by atoms with Gasteiger partial charge in [-0.15, -0.1) is 0 Å². The second-order valence-electron chi connectivity index (χ2n) is 6.04. The van der Waals surface area contributed by atoms with Gasteiger partial charge < -0.3 is 10.0 Å². The highest BCUT2D eigenvalue weighted by atomic mass is 19.1. The molecule has 1 amide bonds. The standard InChI is InChI=1S/C17H17F2N3O3/c18-13-1-2-15(19)11(7-13)8-16(23)21-5-3-14(4-6-21)22-10-12(9-20-22)17(24)25/h1-2,7,9-10,14H,3-6,8H2,(H,24,25). The van der Waals surface area contributed by atoms with Gasteiger partial charge in [-0.1, -0.05) is 0 Å². The number of benzene rings is 1. The lowest BCUT2D eigenvalue weighted by Gasteiger charge is -2.32. The van der Waals surface area contributed by atoms with Crippen LogP contribution in [0.15, 0.2) is 30.6 Å². The first-order valence-corrected chi connectivity index (χ1v) is 7.93. The van der Waals surface area contributed by atoms with E-state index in [-0.39, 0.29) is 29.5 Å². The minimum absolute atomic E-state index is 0.0167. The van der Waals surface area contributed by atoms with Crippen LogP contribution in [-0.2, 0) is 11.2 Å². The molecule has 2 aromatic rings. The van der Waals surface area contributed by atoms with Gasteiger partial charge in [-0.3, -0.25) is 9.48 Å². The molecule has 8 heteroatoms. The Labute approximate surface area is 142 Å². The number of hydrogen-bond donors (Lipinski definition) is 1. The first-order chi connectivity index (χ1) is 11.9. The SMILES string of the molecule is O=C(O)c1cnn(C2CCN(C(=O)Cc3cc(F)ccc3F)CC2)c1. The number of amides is 1. The van der Waals surface area contributed by atoms with E-state index in [4.69, 9.17) is 5.11 Å². The van der Waals surface area contributed by atoms with E-state index in [0.29, 0.717) is 25.9 Å². The molecule has 1 aromatic carbocycles. The summed E-state index contributed by atoms with van der Waals surface area (Å²) in [5.41, 5.74) is 0.172. The summed E-state index contributed by atoms with van der Waals surface area (Å²) in [6.07, 6.45) is 3.84. The molecule has 1 aliphatic rings. The summed E-state index contributed by atoms with van der Waals surface area (Å²) in [5, 5.41) is 13.0. The average Bonchev–Trinajstić information content (AvgIpc) is 3.08. The molecule has 132 valence electrons. The zero-order valence-corrected chi connectivity index (χ0v) is 13.4. The molecular formula is C17H17F2N3O3. The lowest BCUT2D eigenvalue weighted by atomic mass is 10.0. The smallest absolute Gasteiger partial charge is 0.338 e. The predicted octanol–water partition coefficient (Wildman–Crippen LogP) is 2.27. The van der Waals surface area contributed by atoms with Crippen LogP contribution in [-0.4, -0.2) is 44.8 Å². The van der Waals surface area contributed by atoms with Crippen LogP contribution in [0.3, 0.4) is 0 Å². The van der Waals surface area contributed by atoms with E-state index in [9.17, 15) is 18.4 Å². The minimum Gasteiger partial charge on any atom is -0.478 e. The van der Waals surface area contributed by atoms with Crippen molar-refractivity contribution in [1.82, 2.24) is 14.7 Å². The van der Waals surface area contributed by atoms with Gasteiger partial charge >= 0.3 is 5.97 Å². The fraction of sp³-hybridized carbons (Fsp3) is 0.353. The van der Waals surface area contributed by atoms with Crippen LogP contribution in [0.1, 0.15) is 34.8 Å².